The average molecular weight is 305 g/mol. The number of sulfone groups is 1. The van der Waals surface area contributed by atoms with Crippen molar-refractivity contribution in [3.63, 3.8) is 0 Å². The van der Waals surface area contributed by atoms with Gasteiger partial charge >= 0.3 is 0 Å². The van der Waals surface area contributed by atoms with Gasteiger partial charge in [-0.1, -0.05) is 12.1 Å². The molecule has 3 rings (SSSR count). The molecule has 0 unspecified atom stereocenters. The zero-order valence-corrected chi connectivity index (χ0v) is 12.2. The van der Waals surface area contributed by atoms with E-state index < -0.39 is 9.84 Å². The van der Waals surface area contributed by atoms with Gasteiger partial charge in [-0.15, -0.1) is 11.3 Å². The molecule has 3 aromatic rings. The second kappa shape index (κ2) is 4.88. The fourth-order valence-electron chi connectivity index (χ4n) is 1.80. The second-order valence-electron chi connectivity index (χ2n) is 4.35. The van der Waals surface area contributed by atoms with Crippen molar-refractivity contribution >= 4 is 21.2 Å². The number of rotatable bonds is 3. The van der Waals surface area contributed by atoms with Crippen molar-refractivity contribution in [2.75, 3.05) is 6.26 Å². The molecule has 0 atom stereocenters. The molecule has 0 aliphatic heterocycles. The molecule has 1 aromatic carbocycles. The maximum atomic E-state index is 11.4. The monoisotopic (exact) mass is 305 g/mol. The summed E-state index contributed by atoms with van der Waals surface area (Å²) in [5, 5.41) is 2.82. The number of aromatic nitrogens is 1. The Morgan fingerprint density at radius 3 is 2.45 bits per heavy atom. The van der Waals surface area contributed by atoms with Crippen LogP contribution in [0.2, 0.25) is 0 Å². The Bertz CT molecular complexity index is 816. The summed E-state index contributed by atoms with van der Waals surface area (Å²) in [4.78, 5) is 4.84. The molecule has 6 heteroatoms. The summed E-state index contributed by atoms with van der Waals surface area (Å²) >= 11 is 1.52. The Kier molecular flexibility index (Phi) is 3.19. The fourth-order valence-corrected chi connectivity index (χ4v) is 3.24. The zero-order chi connectivity index (χ0) is 14.2. The molecule has 0 radical (unpaired) electrons. The highest BCUT2D eigenvalue weighted by Crippen LogP contribution is 2.29. The normalized spacial score (nSPS) is 11.7. The topological polar surface area (TPSA) is 60.2 Å². The van der Waals surface area contributed by atoms with Gasteiger partial charge in [0.05, 0.1) is 16.9 Å². The fraction of sp³-hybridized carbons (Fsp3) is 0.0714. The van der Waals surface area contributed by atoms with Gasteiger partial charge in [-0.3, -0.25) is 0 Å². The molecule has 102 valence electrons. The van der Waals surface area contributed by atoms with Crippen LogP contribution in [0.3, 0.4) is 0 Å². The highest BCUT2D eigenvalue weighted by molar-refractivity contribution is 7.90. The molecule has 20 heavy (non-hydrogen) atoms. The van der Waals surface area contributed by atoms with E-state index in [0.717, 1.165) is 21.8 Å². The molecule has 0 fully saturated rings. The molecule has 0 aliphatic carbocycles. The first-order chi connectivity index (χ1) is 9.54. The molecule has 0 aliphatic rings. The van der Waals surface area contributed by atoms with Gasteiger partial charge in [0.2, 0.25) is 0 Å². The summed E-state index contributed by atoms with van der Waals surface area (Å²) in [5.74, 6) is 0. The van der Waals surface area contributed by atoms with Crippen LogP contribution in [0.25, 0.3) is 21.8 Å². The van der Waals surface area contributed by atoms with Crippen molar-refractivity contribution < 1.29 is 12.8 Å². The lowest BCUT2D eigenvalue weighted by molar-refractivity contribution is 0.568. The predicted molar refractivity (Wildman–Crippen MR) is 78.4 cm³/mol. The van der Waals surface area contributed by atoms with E-state index in [1.165, 1.54) is 17.6 Å². The van der Waals surface area contributed by atoms with Crippen LogP contribution < -0.4 is 0 Å². The van der Waals surface area contributed by atoms with Crippen LogP contribution in [0.15, 0.2) is 57.6 Å². The third kappa shape index (κ3) is 2.52. The minimum Gasteiger partial charge on any atom is -0.472 e. The van der Waals surface area contributed by atoms with Crippen molar-refractivity contribution in [3.8, 4) is 21.8 Å². The molecular formula is C14H11NO3S2. The smallest absolute Gasteiger partial charge is 0.175 e. The van der Waals surface area contributed by atoms with E-state index in [2.05, 4.69) is 4.98 Å². The predicted octanol–water partition coefficient (Wildman–Crippen LogP) is 3.47. The lowest BCUT2D eigenvalue weighted by Gasteiger charge is -2.00. The van der Waals surface area contributed by atoms with Crippen molar-refractivity contribution in [2.24, 2.45) is 0 Å². The molecule has 4 nitrogen and oxygen atoms in total. The SMILES string of the molecule is CS(=O)(=O)c1ccc(-c2csc(-c3ccoc3)n2)cc1. The van der Waals surface area contributed by atoms with E-state index in [4.69, 9.17) is 4.42 Å². The number of furan rings is 1. The standard InChI is InChI=1S/C14H11NO3S2/c1-20(16,17)12-4-2-10(3-5-12)13-9-19-14(15-13)11-6-7-18-8-11/h2-9H,1H3. The lowest BCUT2D eigenvalue weighted by Crippen LogP contribution is -1.96. The van der Waals surface area contributed by atoms with Crippen LogP contribution >= 0.6 is 11.3 Å². The quantitative estimate of drug-likeness (QED) is 0.743. The summed E-state index contributed by atoms with van der Waals surface area (Å²) in [5.41, 5.74) is 2.66. The van der Waals surface area contributed by atoms with Crippen LogP contribution in [0.4, 0.5) is 0 Å². The van der Waals surface area contributed by atoms with Crippen LogP contribution in [0.5, 0.6) is 0 Å². The Balaban J connectivity index is 1.94. The Morgan fingerprint density at radius 2 is 1.85 bits per heavy atom. The van der Waals surface area contributed by atoms with Gasteiger partial charge < -0.3 is 4.42 Å². The van der Waals surface area contributed by atoms with Crippen molar-refractivity contribution in [3.05, 3.63) is 48.2 Å². The molecule has 0 saturated carbocycles. The minimum atomic E-state index is -3.16. The highest BCUT2D eigenvalue weighted by Gasteiger charge is 2.10. The number of hydrogen-bond donors (Lipinski definition) is 0. The summed E-state index contributed by atoms with van der Waals surface area (Å²) in [6.07, 6.45) is 4.45. The van der Waals surface area contributed by atoms with Crippen molar-refractivity contribution in [2.45, 2.75) is 4.90 Å². The van der Waals surface area contributed by atoms with E-state index in [0.29, 0.717) is 4.90 Å². The summed E-state index contributed by atoms with van der Waals surface area (Å²) in [6.45, 7) is 0. The molecule has 0 spiro atoms. The van der Waals surface area contributed by atoms with Gasteiger partial charge in [-0.2, -0.15) is 0 Å². The number of hydrogen-bond acceptors (Lipinski definition) is 5. The molecule has 2 heterocycles. The van der Waals surface area contributed by atoms with Gasteiger partial charge in [0.15, 0.2) is 9.84 Å². The van der Waals surface area contributed by atoms with Gasteiger partial charge in [0, 0.05) is 22.8 Å². The van der Waals surface area contributed by atoms with E-state index in [9.17, 15) is 8.42 Å². The minimum absolute atomic E-state index is 0.312. The second-order valence-corrected chi connectivity index (χ2v) is 7.22. The van der Waals surface area contributed by atoms with Crippen LogP contribution in [-0.4, -0.2) is 19.7 Å². The Hall–Kier alpha value is -1.92. The molecule has 0 amide bonds. The van der Waals surface area contributed by atoms with Crippen LogP contribution in [0.1, 0.15) is 0 Å². The van der Waals surface area contributed by atoms with Gasteiger partial charge in [0.25, 0.3) is 0 Å². The van der Waals surface area contributed by atoms with Gasteiger partial charge in [-0.05, 0) is 18.2 Å². The number of benzene rings is 1. The van der Waals surface area contributed by atoms with E-state index in [1.807, 2.05) is 11.4 Å². The van der Waals surface area contributed by atoms with Crippen molar-refractivity contribution in [1.29, 1.82) is 0 Å². The van der Waals surface area contributed by atoms with Gasteiger partial charge in [0.1, 0.15) is 11.3 Å². The summed E-state index contributed by atoms with van der Waals surface area (Å²) in [7, 11) is -3.16. The maximum Gasteiger partial charge on any atom is 0.175 e. The first-order valence-electron chi connectivity index (χ1n) is 5.82. The van der Waals surface area contributed by atoms with E-state index in [1.54, 1.807) is 36.8 Å². The molecular weight excluding hydrogens is 294 g/mol. The number of nitrogens with zero attached hydrogens (tertiary/aromatic N) is 1. The molecule has 0 saturated heterocycles. The molecule has 0 N–H and O–H groups in total. The summed E-state index contributed by atoms with van der Waals surface area (Å²) in [6, 6.07) is 8.59. The third-order valence-electron chi connectivity index (χ3n) is 2.85. The lowest BCUT2D eigenvalue weighted by atomic mass is 10.2. The first-order valence-corrected chi connectivity index (χ1v) is 8.60. The van der Waals surface area contributed by atoms with Crippen LogP contribution in [0, 0.1) is 0 Å². The maximum absolute atomic E-state index is 11.4. The summed E-state index contributed by atoms with van der Waals surface area (Å²) < 4.78 is 27.9. The Labute approximate surface area is 120 Å². The Morgan fingerprint density at radius 1 is 1.10 bits per heavy atom. The van der Waals surface area contributed by atoms with Crippen LogP contribution in [-0.2, 0) is 9.84 Å². The largest absolute Gasteiger partial charge is 0.472 e. The van der Waals surface area contributed by atoms with Gasteiger partial charge in [-0.25, -0.2) is 13.4 Å². The van der Waals surface area contributed by atoms with E-state index in [-0.39, 0.29) is 0 Å². The average Bonchev–Trinajstić information content (AvgIpc) is 3.09. The highest BCUT2D eigenvalue weighted by atomic mass is 32.2. The first kappa shape index (κ1) is 13.1. The van der Waals surface area contributed by atoms with Crippen molar-refractivity contribution in [1.82, 2.24) is 4.98 Å². The van der Waals surface area contributed by atoms with E-state index >= 15 is 0 Å². The number of thiazole rings is 1. The molecule has 2 aromatic heterocycles. The zero-order valence-electron chi connectivity index (χ0n) is 10.6. The molecule has 0 bridgehead atoms. The third-order valence-corrected chi connectivity index (χ3v) is 4.87.